The summed E-state index contributed by atoms with van der Waals surface area (Å²) in [6.07, 6.45) is 1.29. The van der Waals surface area contributed by atoms with E-state index in [4.69, 9.17) is 0 Å². The molecule has 0 spiro atoms. The number of benzene rings is 1. The van der Waals surface area contributed by atoms with Gasteiger partial charge in [-0.1, -0.05) is 28.1 Å². The third-order valence-electron chi connectivity index (χ3n) is 3.78. The van der Waals surface area contributed by atoms with Crippen molar-refractivity contribution in [1.82, 2.24) is 0 Å². The third-order valence-corrected chi connectivity index (χ3v) is 4.64. The van der Waals surface area contributed by atoms with Crippen molar-refractivity contribution < 1.29 is 13.6 Å². The third kappa shape index (κ3) is 3.62. The van der Waals surface area contributed by atoms with Crippen molar-refractivity contribution in [2.75, 3.05) is 0 Å². The first-order valence-corrected chi connectivity index (χ1v) is 7.34. The molecule has 1 aliphatic rings. The summed E-state index contributed by atoms with van der Waals surface area (Å²) in [5.41, 5.74) is 1.53. The van der Waals surface area contributed by atoms with Gasteiger partial charge in [-0.25, -0.2) is 8.78 Å². The maximum absolute atomic E-state index is 13.3. The highest BCUT2D eigenvalue weighted by molar-refractivity contribution is 9.10. The summed E-state index contributed by atoms with van der Waals surface area (Å²) in [5.74, 6) is -2.80. The number of carbonyl (C=O) groups excluding carboxylic acids is 1. The molecule has 0 aromatic heterocycles. The molecule has 104 valence electrons. The lowest BCUT2D eigenvalue weighted by Gasteiger charge is -2.28. The predicted molar refractivity (Wildman–Crippen MR) is 74.7 cm³/mol. The minimum absolute atomic E-state index is 0.0264. The Morgan fingerprint density at radius 1 is 1.47 bits per heavy atom. The van der Waals surface area contributed by atoms with Gasteiger partial charge in [0.1, 0.15) is 0 Å². The first-order valence-electron chi connectivity index (χ1n) is 6.55. The molecule has 1 atom stereocenters. The Morgan fingerprint density at radius 2 is 2.21 bits per heavy atom. The molecule has 0 aliphatic heterocycles. The Kier molecular flexibility index (Phi) is 4.39. The largest absolute Gasteiger partial charge is 0.294 e. The second kappa shape index (κ2) is 5.70. The second-order valence-electron chi connectivity index (χ2n) is 5.36. The molecular formula is C15H17BrF2O. The molecule has 1 aliphatic carbocycles. The number of hydrogen-bond acceptors (Lipinski definition) is 1. The van der Waals surface area contributed by atoms with E-state index in [9.17, 15) is 13.6 Å². The van der Waals surface area contributed by atoms with Crippen molar-refractivity contribution >= 4 is 21.7 Å². The minimum atomic E-state index is -2.59. The second-order valence-corrected chi connectivity index (χ2v) is 6.21. The van der Waals surface area contributed by atoms with E-state index in [0.717, 1.165) is 16.5 Å². The van der Waals surface area contributed by atoms with Gasteiger partial charge < -0.3 is 0 Å². The summed E-state index contributed by atoms with van der Waals surface area (Å²) in [6.45, 7) is 1.87. The molecule has 19 heavy (non-hydrogen) atoms. The summed E-state index contributed by atoms with van der Waals surface area (Å²) in [5, 5.41) is 0. The van der Waals surface area contributed by atoms with E-state index in [0.29, 0.717) is 12.0 Å². The molecule has 1 unspecified atom stereocenters. The van der Waals surface area contributed by atoms with E-state index in [-0.39, 0.29) is 31.0 Å². The fraction of sp³-hybridized carbons (Fsp3) is 0.533. The quantitative estimate of drug-likeness (QED) is 0.700. The molecule has 1 saturated carbocycles. The first kappa shape index (κ1) is 14.6. The van der Waals surface area contributed by atoms with Crippen LogP contribution in [-0.4, -0.2) is 11.7 Å². The van der Waals surface area contributed by atoms with Gasteiger partial charge in [0.2, 0.25) is 5.92 Å². The molecule has 0 heterocycles. The normalized spacial score (nSPS) is 22.2. The van der Waals surface area contributed by atoms with Gasteiger partial charge in [-0.15, -0.1) is 0 Å². The molecule has 0 radical (unpaired) electrons. The van der Waals surface area contributed by atoms with Gasteiger partial charge in [0.25, 0.3) is 0 Å². The van der Waals surface area contributed by atoms with Crippen LogP contribution in [0.25, 0.3) is 0 Å². The average molecular weight is 331 g/mol. The van der Waals surface area contributed by atoms with Crippen LogP contribution in [0.3, 0.4) is 0 Å². The van der Waals surface area contributed by atoms with Crippen molar-refractivity contribution in [3.05, 3.63) is 33.8 Å². The molecular weight excluding hydrogens is 314 g/mol. The fourth-order valence-electron chi connectivity index (χ4n) is 2.73. The Labute approximate surface area is 120 Å². The number of carbonyl (C=O) groups is 1. The van der Waals surface area contributed by atoms with E-state index in [1.807, 2.05) is 13.0 Å². The lowest BCUT2D eigenvalue weighted by molar-refractivity contribution is -0.0521. The van der Waals surface area contributed by atoms with Crippen LogP contribution in [0, 0.1) is 12.8 Å². The Hall–Kier alpha value is -0.770. The maximum atomic E-state index is 13.3. The zero-order valence-electron chi connectivity index (χ0n) is 10.9. The van der Waals surface area contributed by atoms with Crippen LogP contribution in [-0.2, 0) is 0 Å². The Morgan fingerprint density at radius 3 is 2.89 bits per heavy atom. The van der Waals surface area contributed by atoms with Gasteiger partial charge in [-0.05, 0) is 37.3 Å². The van der Waals surface area contributed by atoms with Crippen molar-refractivity contribution in [2.24, 2.45) is 5.92 Å². The zero-order chi connectivity index (χ0) is 14.0. The summed E-state index contributed by atoms with van der Waals surface area (Å²) in [6, 6.07) is 5.45. The van der Waals surface area contributed by atoms with Gasteiger partial charge in [0, 0.05) is 29.3 Å². The molecule has 0 bridgehead atoms. The van der Waals surface area contributed by atoms with Crippen molar-refractivity contribution in [1.29, 1.82) is 0 Å². The van der Waals surface area contributed by atoms with Crippen LogP contribution in [0.4, 0.5) is 8.78 Å². The van der Waals surface area contributed by atoms with Gasteiger partial charge >= 0.3 is 0 Å². The summed E-state index contributed by atoms with van der Waals surface area (Å²) in [4.78, 5) is 12.2. The number of Topliss-reactive ketones (excluding diaryl/α,β-unsaturated/α-hetero) is 1. The van der Waals surface area contributed by atoms with E-state index in [2.05, 4.69) is 15.9 Å². The Balaban J connectivity index is 2.07. The van der Waals surface area contributed by atoms with E-state index in [1.165, 1.54) is 0 Å². The SMILES string of the molecule is Cc1c(Br)cccc1C(=O)CC1CCCC(F)(F)C1. The van der Waals surface area contributed by atoms with Gasteiger partial charge in [-0.2, -0.15) is 0 Å². The Bertz CT molecular complexity index is 485. The molecule has 0 amide bonds. The number of ketones is 1. The summed E-state index contributed by atoms with van der Waals surface area (Å²) in [7, 11) is 0. The van der Waals surface area contributed by atoms with Crippen LogP contribution in [0.1, 0.15) is 48.0 Å². The highest BCUT2D eigenvalue weighted by Crippen LogP contribution is 2.38. The fourth-order valence-corrected chi connectivity index (χ4v) is 3.10. The molecule has 0 N–H and O–H groups in total. The van der Waals surface area contributed by atoms with E-state index < -0.39 is 5.92 Å². The lowest BCUT2D eigenvalue weighted by Crippen LogP contribution is -2.27. The topological polar surface area (TPSA) is 17.1 Å². The minimum Gasteiger partial charge on any atom is -0.294 e. The lowest BCUT2D eigenvalue weighted by atomic mass is 9.82. The molecule has 4 heteroatoms. The molecule has 1 nitrogen and oxygen atoms in total. The highest BCUT2D eigenvalue weighted by atomic mass is 79.9. The monoisotopic (exact) mass is 330 g/mol. The smallest absolute Gasteiger partial charge is 0.248 e. The van der Waals surface area contributed by atoms with Crippen LogP contribution in [0.5, 0.6) is 0 Å². The number of hydrogen-bond donors (Lipinski definition) is 0. The number of halogens is 3. The molecule has 1 aromatic carbocycles. The van der Waals surface area contributed by atoms with Gasteiger partial charge in [-0.3, -0.25) is 4.79 Å². The van der Waals surface area contributed by atoms with Gasteiger partial charge in [0.05, 0.1) is 0 Å². The number of rotatable bonds is 3. The zero-order valence-corrected chi connectivity index (χ0v) is 12.5. The van der Waals surface area contributed by atoms with Crippen molar-refractivity contribution in [3.63, 3.8) is 0 Å². The summed E-state index contributed by atoms with van der Waals surface area (Å²) >= 11 is 3.39. The van der Waals surface area contributed by atoms with Gasteiger partial charge in [0.15, 0.2) is 5.78 Å². The van der Waals surface area contributed by atoms with Crippen molar-refractivity contribution in [2.45, 2.75) is 45.0 Å². The molecule has 1 aromatic rings. The molecule has 2 rings (SSSR count). The van der Waals surface area contributed by atoms with Crippen LogP contribution in [0.15, 0.2) is 22.7 Å². The van der Waals surface area contributed by atoms with Crippen LogP contribution in [0.2, 0.25) is 0 Å². The van der Waals surface area contributed by atoms with Crippen molar-refractivity contribution in [3.8, 4) is 0 Å². The number of alkyl halides is 2. The van der Waals surface area contributed by atoms with Crippen LogP contribution >= 0.6 is 15.9 Å². The standard InChI is InChI=1S/C15H17BrF2O/c1-10-12(5-2-6-13(10)16)14(19)8-11-4-3-7-15(17,18)9-11/h2,5-6,11H,3-4,7-9H2,1H3. The van der Waals surface area contributed by atoms with E-state index in [1.54, 1.807) is 12.1 Å². The molecule has 0 saturated heterocycles. The maximum Gasteiger partial charge on any atom is 0.248 e. The molecule has 1 fully saturated rings. The predicted octanol–water partition coefficient (Wildman–Crippen LogP) is 5.16. The summed E-state index contributed by atoms with van der Waals surface area (Å²) < 4.78 is 27.5. The van der Waals surface area contributed by atoms with E-state index >= 15 is 0 Å². The first-order chi connectivity index (χ1) is 8.89. The highest BCUT2D eigenvalue weighted by Gasteiger charge is 2.36. The average Bonchev–Trinajstić information content (AvgIpc) is 2.31. The van der Waals surface area contributed by atoms with Crippen LogP contribution < -0.4 is 0 Å².